The van der Waals surface area contributed by atoms with Crippen molar-refractivity contribution >= 4 is 22.3 Å². The number of nitrogens with one attached hydrogen (secondary N) is 2. The Morgan fingerprint density at radius 2 is 1.81 bits per heavy atom. The van der Waals surface area contributed by atoms with Gasteiger partial charge in [-0.2, -0.15) is 28.1 Å². The van der Waals surface area contributed by atoms with E-state index in [1.165, 1.54) is 18.5 Å². The number of anilines is 2. The molecule has 1 unspecified atom stereocenters. The van der Waals surface area contributed by atoms with Gasteiger partial charge >= 0.3 is 6.18 Å². The fraction of sp³-hybridized carbons (Fsp3) is 0.400. The molecule has 0 saturated heterocycles. The van der Waals surface area contributed by atoms with Crippen molar-refractivity contribution in [2.24, 2.45) is 0 Å². The third-order valence-electron chi connectivity index (χ3n) is 8.38. The van der Waals surface area contributed by atoms with Crippen LogP contribution >= 0.6 is 0 Å². The van der Waals surface area contributed by atoms with Crippen LogP contribution in [0.2, 0.25) is 0 Å². The van der Waals surface area contributed by atoms with Crippen molar-refractivity contribution in [2.75, 3.05) is 10.6 Å². The highest BCUT2D eigenvalue weighted by Crippen LogP contribution is 2.55. The molecular formula is C30H27F4N9. The molecule has 220 valence electrons. The highest BCUT2D eigenvalue weighted by molar-refractivity contribution is 5.99. The Balaban J connectivity index is 1.46. The van der Waals surface area contributed by atoms with Gasteiger partial charge < -0.3 is 10.6 Å². The fourth-order valence-electron chi connectivity index (χ4n) is 5.87. The van der Waals surface area contributed by atoms with Gasteiger partial charge in [-0.25, -0.2) is 9.67 Å². The molecule has 2 N–H and O–H groups in total. The molecule has 0 aliphatic heterocycles. The van der Waals surface area contributed by atoms with Crippen molar-refractivity contribution in [1.29, 1.82) is 10.5 Å². The number of aromatic nitrogens is 5. The van der Waals surface area contributed by atoms with Crippen LogP contribution in [-0.4, -0.2) is 37.2 Å². The molecule has 4 aromatic rings. The average molecular weight is 590 g/mol. The topological polar surface area (TPSA) is 128 Å². The standard InChI is InChI=1S/C30H27F4N9/c1-17-22(7-8-25(31)38-17)28(24-16-43(42-41-24)29(9-10-29)30(32,33)34)40-21-11-18(13-35)26-23(12-21)27(19(14-36)15-37-26)39-20-5-3-2-4-6-20/h7-8,11-12,15-16,20,28,40H,2-6,9-10H2,1H3,(H,37,39). The van der Waals surface area contributed by atoms with E-state index >= 15 is 0 Å². The molecule has 2 aliphatic rings. The van der Waals surface area contributed by atoms with E-state index in [0.29, 0.717) is 39.1 Å². The summed E-state index contributed by atoms with van der Waals surface area (Å²) >= 11 is 0. The van der Waals surface area contributed by atoms with Crippen LogP contribution in [0.5, 0.6) is 0 Å². The van der Waals surface area contributed by atoms with Crippen LogP contribution in [0.4, 0.5) is 28.9 Å². The third-order valence-corrected chi connectivity index (χ3v) is 8.38. The Morgan fingerprint density at radius 1 is 1.07 bits per heavy atom. The van der Waals surface area contributed by atoms with Gasteiger partial charge in [-0.1, -0.05) is 30.5 Å². The maximum Gasteiger partial charge on any atom is 0.413 e. The number of halogens is 4. The maximum absolute atomic E-state index is 14.0. The highest BCUT2D eigenvalue weighted by Gasteiger charge is 2.66. The van der Waals surface area contributed by atoms with E-state index in [-0.39, 0.29) is 30.1 Å². The molecule has 9 nitrogen and oxygen atoms in total. The normalized spacial score (nSPS) is 17.2. The quantitative estimate of drug-likeness (QED) is 0.187. The van der Waals surface area contributed by atoms with Crippen molar-refractivity contribution in [3.8, 4) is 12.1 Å². The van der Waals surface area contributed by atoms with Gasteiger partial charge in [0.25, 0.3) is 0 Å². The third kappa shape index (κ3) is 5.20. The lowest BCUT2D eigenvalue weighted by Gasteiger charge is -2.25. The summed E-state index contributed by atoms with van der Waals surface area (Å²) in [5.41, 5.74) is 0.806. The van der Waals surface area contributed by atoms with Crippen LogP contribution in [-0.2, 0) is 5.54 Å². The molecule has 0 amide bonds. The van der Waals surface area contributed by atoms with Gasteiger partial charge in [0.05, 0.1) is 34.6 Å². The van der Waals surface area contributed by atoms with E-state index in [1.807, 2.05) is 0 Å². The Hall–Kier alpha value is -4.78. The Labute approximate surface area is 244 Å². The van der Waals surface area contributed by atoms with Gasteiger partial charge in [0, 0.05) is 34.6 Å². The molecule has 3 heterocycles. The number of aryl methyl sites for hydroxylation is 1. The van der Waals surface area contributed by atoms with Gasteiger partial charge in [0.1, 0.15) is 17.8 Å². The molecule has 1 atom stereocenters. The lowest BCUT2D eigenvalue weighted by molar-refractivity contribution is -0.182. The zero-order chi connectivity index (χ0) is 30.4. The molecular weight excluding hydrogens is 562 g/mol. The van der Waals surface area contributed by atoms with Crippen molar-refractivity contribution in [1.82, 2.24) is 25.0 Å². The molecule has 2 aliphatic carbocycles. The lowest BCUT2D eigenvalue weighted by atomic mass is 9.94. The molecule has 0 radical (unpaired) electrons. The minimum absolute atomic E-state index is 0.101. The second-order valence-electron chi connectivity index (χ2n) is 11.2. The highest BCUT2D eigenvalue weighted by atomic mass is 19.4. The smallest absolute Gasteiger partial charge is 0.381 e. The first-order valence-corrected chi connectivity index (χ1v) is 14.1. The zero-order valence-electron chi connectivity index (χ0n) is 23.2. The molecule has 2 saturated carbocycles. The number of nitriles is 2. The minimum Gasteiger partial charge on any atom is -0.381 e. The molecule has 1 aromatic carbocycles. The Kier molecular flexibility index (Phi) is 7.12. The van der Waals surface area contributed by atoms with E-state index in [4.69, 9.17) is 0 Å². The average Bonchev–Trinajstić information content (AvgIpc) is 3.68. The molecule has 2 fully saturated rings. The lowest BCUT2D eigenvalue weighted by Crippen LogP contribution is -2.35. The minimum atomic E-state index is -4.50. The molecule has 0 spiro atoms. The predicted molar refractivity (Wildman–Crippen MR) is 149 cm³/mol. The monoisotopic (exact) mass is 589 g/mol. The molecule has 0 bridgehead atoms. The summed E-state index contributed by atoms with van der Waals surface area (Å²) in [5.74, 6) is -0.705. The zero-order valence-corrected chi connectivity index (χ0v) is 23.2. The number of fused-ring (bicyclic) bond motifs is 1. The van der Waals surface area contributed by atoms with Crippen LogP contribution in [0.3, 0.4) is 0 Å². The summed E-state index contributed by atoms with van der Waals surface area (Å²) in [7, 11) is 0. The summed E-state index contributed by atoms with van der Waals surface area (Å²) in [6.07, 6.45) is 3.19. The van der Waals surface area contributed by atoms with E-state index in [2.05, 4.69) is 43.1 Å². The van der Waals surface area contributed by atoms with Crippen molar-refractivity contribution < 1.29 is 17.6 Å². The van der Waals surface area contributed by atoms with E-state index in [9.17, 15) is 28.1 Å². The first-order valence-electron chi connectivity index (χ1n) is 14.1. The molecule has 3 aromatic heterocycles. The largest absolute Gasteiger partial charge is 0.413 e. The number of benzene rings is 1. The first kappa shape index (κ1) is 28.3. The van der Waals surface area contributed by atoms with Crippen molar-refractivity contribution in [2.45, 2.75) is 75.7 Å². The van der Waals surface area contributed by atoms with Gasteiger partial charge in [-0.05, 0) is 50.8 Å². The number of pyridine rings is 2. The summed E-state index contributed by atoms with van der Waals surface area (Å²) in [5, 5.41) is 35.2. The van der Waals surface area contributed by atoms with Crippen LogP contribution in [0.15, 0.2) is 36.7 Å². The SMILES string of the molecule is Cc1nc(F)ccc1C(Nc1cc(C#N)c2ncc(C#N)c(NC3CCCCC3)c2c1)c1cn(C2(C(F)(F)F)CC2)nn1. The Morgan fingerprint density at radius 3 is 2.47 bits per heavy atom. The molecule has 43 heavy (non-hydrogen) atoms. The summed E-state index contributed by atoms with van der Waals surface area (Å²) in [6.45, 7) is 1.59. The number of nitrogens with zero attached hydrogens (tertiary/aromatic N) is 7. The summed E-state index contributed by atoms with van der Waals surface area (Å²) in [4.78, 5) is 8.30. The van der Waals surface area contributed by atoms with E-state index < -0.39 is 23.7 Å². The summed E-state index contributed by atoms with van der Waals surface area (Å²) in [6, 6.07) is 9.60. The maximum atomic E-state index is 14.0. The van der Waals surface area contributed by atoms with Crippen LogP contribution < -0.4 is 10.6 Å². The van der Waals surface area contributed by atoms with Crippen LogP contribution in [0, 0.1) is 35.5 Å². The molecule has 6 rings (SSSR count). The van der Waals surface area contributed by atoms with E-state index in [0.717, 1.165) is 42.9 Å². The first-order chi connectivity index (χ1) is 20.6. The van der Waals surface area contributed by atoms with Crippen LogP contribution in [0.1, 0.15) is 79.1 Å². The van der Waals surface area contributed by atoms with Crippen LogP contribution in [0.25, 0.3) is 10.9 Å². The van der Waals surface area contributed by atoms with Gasteiger partial charge in [0.15, 0.2) is 5.54 Å². The number of rotatable bonds is 7. The fourth-order valence-corrected chi connectivity index (χ4v) is 5.87. The van der Waals surface area contributed by atoms with Gasteiger partial charge in [0.2, 0.25) is 5.95 Å². The van der Waals surface area contributed by atoms with Crippen molar-refractivity contribution in [3.63, 3.8) is 0 Å². The summed E-state index contributed by atoms with van der Waals surface area (Å²) < 4.78 is 56.3. The van der Waals surface area contributed by atoms with Gasteiger partial charge in [-0.15, -0.1) is 5.10 Å². The number of hydrogen-bond donors (Lipinski definition) is 2. The number of hydrogen-bond acceptors (Lipinski definition) is 8. The molecule has 13 heteroatoms. The second-order valence-corrected chi connectivity index (χ2v) is 11.2. The van der Waals surface area contributed by atoms with Gasteiger partial charge in [-0.3, -0.25) is 4.98 Å². The van der Waals surface area contributed by atoms with E-state index in [1.54, 1.807) is 19.1 Å². The second kappa shape index (κ2) is 10.8. The number of alkyl halides is 3. The van der Waals surface area contributed by atoms with Crippen molar-refractivity contribution in [3.05, 3.63) is 70.7 Å². The Bertz CT molecular complexity index is 1770. The predicted octanol–water partition coefficient (Wildman–Crippen LogP) is 6.41.